The zero-order valence-electron chi connectivity index (χ0n) is 13.7. The van der Waals surface area contributed by atoms with Gasteiger partial charge in [0, 0.05) is 19.2 Å². The molecule has 0 unspecified atom stereocenters. The molecule has 0 aromatic heterocycles. The Hall–Kier alpha value is -1.27. The van der Waals surface area contributed by atoms with Crippen LogP contribution in [0.3, 0.4) is 0 Å². The normalized spacial score (nSPS) is 17.7. The highest BCUT2D eigenvalue weighted by Crippen LogP contribution is 2.32. The topological polar surface area (TPSA) is 55.8 Å². The Morgan fingerprint density at radius 1 is 1.09 bits per heavy atom. The number of benzene rings is 1. The minimum atomic E-state index is -3.47. The lowest BCUT2D eigenvalue weighted by Gasteiger charge is -2.33. The number of rotatable bonds is 5. The van der Waals surface area contributed by atoms with E-state index < -0.39 is 10.0 Å². The van der Waals surface area contributed by atoms with Crippen molar-refractivity contribution in [1.82, 2.24) is 4.31 Å². The van der Waals surface area contributed by atoms with E-state index in [1.54, 1.807) is 16.4 Å². The van der Waals surface area contributed by atoms with Crippen molar-refractivity contribution in [3.63, 3.8) is 0 Å². The fourth-order valence-corrected chi connectivity index (χ4v) is 4.39. The molecule has 0 aliphatic carbocycles. The Morgan fingerprint density at radius 2 is 1.68 bits per heavy atom. The molecule has 1 aliphatic heterocycles. The highest BCUT2D eigenvalue weighted by Gasteiger charge is 2.30. The Labute approximate surface area is 133 Å². The van der Waals surface area contributed by atoms with Crippen LogP contribution in [0.15, 0.2) is 23.1 Å². The van der Waals surface area contributed by atoms with Gasteiger partial charge >= 0.3 is 0 Å². The first-order chi connectivity index (χ1) is 10.4. The van der Waals surface area contributed by atoms with Gasteiger partial charge in [0.2, 0.25) is 10.0 Å². The van der Waals surface area contributed by atoms with Crippen molar-refractivity contribution in [2.45, 2.75) is 31.6 Å². The monoisotopic (exact) mass is 327 g/mol. The molecule has 1 heterocycles. The first kappa shape index (κ1) is 17.1. The average molecular weight is 327 g/mol. The van der Waals surface area contributed by atoms with Crippen LogP contribution in [-0.4, -0.2) is 40.0 Å². The van der Waals surface area contributed by atoms with Crippen molar-refractivity contribution in [2.24, 2.45) is 11.8 Å². The van der Waals surface area contributed by atoms with Gasteiger partial charge in [-0.2, -0.15) is 4.31 Å². The van der Waals surface area contributed by atoms with Crippen LogP contribution in [0.5, 0.6) is 11.5 Å². The fraction of sp³-hybridized carbons (Fsp3) is 0.625. The van der Waals surface area contributed by atoms with Crippen molar-refractivity contribution in [1.29, 1.82) is 0 Å². The van der Waals surface area contributed by atoms with Crippen LogP contribution >= 0.6 is 0 Å². The molecule has 22 heavy (non-hydrogen) atoms. The number of hydrogen-bond donors (Lipinski definition) is 0. The third-order valence-electron chi connectivity index (χ3n) is 4.43. The van der Waals surface area contributed by atoms with Crippen LogP contribution < -0.4 is 9.47 Å². The highest BCUT2D eigenvalue weighted by molar-refractivity contribution is 7.89. The first-order valence-corrected chi connectivity index (χ1v) is 9.06. The van der Waals surface area contributed by atoms with E-state index in [1.807, 2.05) is 0 Å². The second-order valence-corrected chi connectivity index (χ2v) is 7.94. The molecule has 0 radical (unpaired) electrons. The number of nitrogens with zero attached hydrogens (tertiary/aromatic N) is 1. The summed E-state index contributed by atoms with van der Waals surface area (Å²) < 4.78 is 37.5. The third kappa shape index (κ3) is 3.38. The molecule has 0 atom stereocenters. The van der Waals surface area contributed by atoms with Gasteiger partial charge in [0.05, 0.1) is 19.1 Å². The summed E-state index contributed by atoms with van der Waals surface area (Å²) in [6.07, 6.45) is 1.84. The molecule has 6 heteroatoms. The smallest absolute Gasteiger partial charge is 0.243 e. The van der Waals surface area contributed by atoms with Crippen LogP contribution in [0.2, 0.25) is 0 Å². The summed E-state index contributed by atoms with van der Waals surface area (Å²) in [5, 5.41) is 0. The summed E-state index contributed by atoms with van der Waals surface area (Å²) >= 11 is 0. The van der Waals surface area contributed by atoms with Gasteiger partial charge in [-0.3, -0.25) is 0 Å². The van der Waals surface area contributed by atoms with Gasteiger partial charge in [-0.05, 0) is 36.8 Å². The largest absolute Gasteiger partial charge is 0.493 e. The van der Waals surface area contributed by atoms with Crippen LogP contribution in [0, 0.1) is 11.8 Å². The molecule has 0 amide bonds. The van der Waals surface area contributed by atoms with E-state index in [-0.39, 0.29) is 4.90 Å². The molecule has 1 aromatic rings. The van der Waals surface area contributed by atoms with Gasteiger partial charge in [-0.25, -0.2) is 8.42 Å². The average Bonchev–Trinajstić information content (AvgIpc) is 2.54. The fourth-order valence-electron chi connectivity index (χ4n) is 2.91. The summed E-state index contributed by atoms with van der Waals surface area (Å²) in [5.41, 5.74) is 0. The zero-order chi connectivity index (χ0) is 16.3. The molecular formula is C16H25NO4S. The summed E-state index contributed by atoms with van der Waals surface area (Å²) in [6, 6.07) is 4.74. The van der Waals surface area contributed by atoms with Crippen LogP contribution in [0.1, 0.15) is 26.7 Å². The van der Waals surface area contributed by atoms with Gasteiger partial charge < -0.3 is 9.47 Å². The number of methoxy groups -OCH3 is 2. The quantitative estimate of drug-likeness (QED) is 0.834. The molecule has 0 spiro atoms. The lowest BCUT2D eigenvalue weighted by molar-refractivity contribution is 0.226. The highest BCUT2D eigenvalue weighted by atomic mass is 32.2. The van der Waals surface area contributed by atoms with E-state index >= 15 is 0 Å². The van der Waals surface area contributed by atoms with Crippen molar-refractivity contribution in [3.05, 3.63) is 18.2 Å². The summed E-state index contributed by atoms with van der Waals surface area (Å²) in [6.45, 7) is 5.56. The second-order valence-electron chi connectivity index (χ2n) is 6.00. The molecule has 1 fully saturated rings. The van der Waals surface area contributed by atoms with Crippen molar-refractivity contribution >= 4 is 10.0 Å². The molecule has 0 N–H and O–H groups in total. The van der Waals surface area contributed by atoms with E-state index in [0.717, 1.165) is 12.8 Å². The molecule has 1 saturated heterocycles. The second kappa shape index (κ2) is 6.87. The minimum Gasteiger partial charge on any atom is -0.493 e. The molecule has 0 saturated carbocycles. The van der Waals surface area contributed by atoms with Crippen molar-refractivity contribution in [2.75, 3.05) is 27.3 Å². The SMILES string of the molecule is COc1ccc(S(=O)(=O)N2CCC(C(C)C)CC2)cc1OC. The van der Waals surface area contributed by atoms with Crippen molar-refractivity contribution < 1.29 is 17.9 Å². The van der Waals surface area contributed by atoms with Crippen LogP contribution in [-0.2, 0) is 10.0 Å². The van der Waals surface area contributed by atoms with E-state index in [0.29, 0.717) is 36.4 Å². The number of hydrogen-bond acceptors (Lipinski definition) is 4. The van der Waals surface area contributed by atoms with Gasteiger partial charge in [0.1, 0.15) is 0 Å². The number of piperidine rings is 1. The summed E-state index contributed by atoms with van der Waals surface area (Å²) in [4.78, 5) is 0.258. The molecule has 5 nitrogen and oxygen atoms in total. The number of ether oxygens (including phenoxy) is 2. The van der Waals surface area contributed by atoms with Gasteiger partial charge in [0.15, 0.2) is 11.5 Å². The van der Waals surface area contributed by atoms with E-state index in [9.17, 15) is 8.42 Å². The maximum absolute atomic E-state index is 12.8. The Bertz CT molecular complexity index is 605. The predicted octanol–water partition coefficient (Wildman–Crippen LogP) is 2.76. The number of sulfonamides is 1. The molecule has 2 rings (SSSR count). The van der Waals surface area contributed by atoms with Gasteiger partial charge in [-0.15, -0.1) is 0 Å². The lowest BCUT2D eigenvalue weighted by atomic mass is 9.87. The molecule has 124 valence electrons. The Morgan fingerprint density at radius 3 is 2.18 bits per heavy atom. The standard InChI is InChI=1S/C16H25NO4S/c1-12(2)13-7-9-17(10-8-13)22(18,19)14-5-6-15(20-3)16(11-14)21-4/h5-6,11-13H,7-10H2,1-4H3. The zero-order valence-corrected chi connectivity index (χ0v) is 14.5. The molecule has 1 aliphatic rings. The van der Waals surface area contributed by atoms with Crippen LogP contribution in [0.25, 0.3) is 0 Å². The molecule has 0 bridgehead atoms. The predicted molar refractivity (Wildman–Crippen MR) is 85.9 cm³/mol. The minimum absolute atomic E-state index is 0.258. The van der Waals surface area contributed by atoms with Gasteiger partial charge in [-0.1, -0.05) is 13.8 Å². The van der Waals surface area contributed by atoms with Gasteiger partial charge in [0.25, 0.3) is 0 Å². The maximum atomic E-state index is 12.8. The lowest BCUT2D eigenvalue weighted by Crippen LogP contribution is -2.39. The first-order valence-electron chi connectivity index (χ1n) is 7.62. The summed E-state index contributed by atoms with van der Waals surface area (Å²) in [7, 11) is -0.438. The maximum Gasteiger partial charge on any atom is 0.243 e. The third-order valence-corrected chi connectivity index (χ3v) is 6.33. The van der Waals surface area contributed by atoms with Crippen molar-refractivity contribution in [3.8, 4) is 11.5 Å². The summed E-state index contributed by atoms with van der Waals surface area (Å²) in [5.74, 6) is 2.17. The Kier molecular flexibility index (Phi) is 5.34. The van der Waals surface area contributed by atoms with E-state index in [1.165, 1.54) is 20.3 Å². The molecule has 1 aromatic carbocycles. The molecular weight excluding hydrogens is 302 g/mol. The Balaban J connectivity index is 2.21. The van der Waals surface area contributed by atoms with E-state index in [4.69, 9.17) is 9.47 Å². The van der Waals surface area contributed by atoms with Crippen LogP contribution in [0.4, 0.5) is 0 Å². The van der Waals surface area contributed by atoms with E-state index in [2.05, 4.69) is 13.8 Å².